The lowest BCUT2D eigenvalue weighted by Gasteiger charge is -2.38. The van der Waals surface area contributed by atoms with Crippen LogP contribution in [-0.2, 0) is 0 Å². The van der Waals surface area contributed by atoms with Gasteiger partial charge >= 0.3 is 0 Å². The molecular formula is C21H26N2O2. The summed E-state index contributed by atoms with van der Waals surface area (Å²) in [5.74, 6) is 0.916. The lowest BCUT2D eigenvalue weighted by molar-refractivity contribution is 0.0680. The van der Waals surface area contributed by atoms with Gasteiger partial charge in [-0.1, -0.05) is 37.6 Å². The van der Waals surface area contributed by atoms with E-state index in [1.807, 2.05) is 67.3 Å². The monoisotopic (exact) mass is 338 g/mol. The molecule has 4 heteroatoms. The van der Waals surface area contributed by atoms with Gasteiger partial charge in [-0.05, 0) is 50.1 Å². The first-order chi connectivity index (χ1) is 12.1. The van der Waals surface area contributed by atoms with Crippen LogP contribution in [0.1, 0.15) is 55.7 Å². The van der Waals surface area contributed by atoms with Gasteiger partial charge in [0, 0.05) is 12.2 Å². The van der Waals surface area contributed by atoms with Crippen LogP contribution in [0.2, 0.25) is 0 Å². The molecule has 1 aliphatic rings. The number of ether oxygens (including phenoxy) is 1. The van der Waals surface area contributed by atoms with Gasteiger partial charge in [0.05, 0.1) is 11.7 Å². The Bertz CT molecular complexity index is 742. The fourth-order valence-corrected chi connectivity index (χ4v) is 3.15. The van der Waals surface area contributed by atoms with E-state index >= 15 is 0 Å². The fraction of sp³-hybridized carbons (Fsp3) is 0.381. The Morgan fingerprint density at radius 3 is 2.72 bits per heavy atom. The minimum absolute atomic E-state index is 0.0861. The Morgan fingerprint density at radius 1 is 1.16 bits per heavy atom. The number of rotatable bonds is 6. The number of anilines is 1. The van der Waals surface area contributed by atoms with Crippen molar-refractivity contribution >= 4 is 11.6 Å². The number of benzene rings is 2. The molecule has 0 aromatic heterocycles. The highest BCUT2D eigenvalue weighted by atomic mass is 16.5. The molecule has 132 valence electrons. The summed E-state index contributed by atoms with van der Waals surface area (Å²) in [4.78, 5) is 15.0. The Kier molecular flexibility index (Phi) is 5.27. The maximum absolute atomic E-state index is 13.0. The SMILES string of the molecule is CCCCN1C(=O)c2ccccc2NC1c1cccc(OC(C)C)c1. The zero-order valence-electron chi connectivity index (χ0n) is 15.2. The second kappa shape index (κ2) is 7.60. The molecule has 0 radical (unpaired) electrons. The fourth-order valence-electron chi connectivity index (χ4n) is 3.15. The molecule has 0 saturated carbocycles. The Morgan fingerprint density at radius 2 is 1.96 bits per heavy atom. The van der Waals surface area contributed by atoms with Crippen LogP contribution in [0.15, 0.2) is 48.5 Å². The van der Waals surface area contributed by atoms with E-state index in [1.165, 1.54) is 0 Å². The van der Waals surface area contributed by atoms with Crippen molar-refractivity contribution in [1.29, 1.82) is 0 Å². The second-order valence-electron chi connectivity index (χ2n) is 6.68. The summed E-state index contributed by atoms with van der Waals surface area (Å²) in [6, 6.07) is 15.7. The first kappa shape index (κ1) is 17.3. The average molecular weight is 338 g/mol. The van der Waals surface area contributed by atoms with Crippen molar-refractivity contribution in [3.63, 3.8) is 0 Å². The standard InChI is InChI=1S/C21H26N2O2/c1-4-5-13-23-20(16-9-8-10-17(14-16)25-15(2)3)22-19-12-7-6-11-18(19)21(23)24/h6-12,14-15,20,22H,4-5,13H2,1-3H3. The normalized spacial score (nSPS) is 16.6. The highest BCUT2D eigenvalue weighted by Gasteiger charge is 2.32. The molecule has 2 aromatic carbocycles. The lowest BCUT2D eigenvalue weighted by Crippen LogP contribution is -2.43. The predicted octanol–water partition coefficient (Wildman–Crippen LogP) is 4.84. The molecule has 1 atom stereocenters. The number of unbranched alkanes of at least 4 members (excludes halogenated alkanes) is 1. The van der Waals surface area contributed by atoms with Crippen LogP contribution >= 0.6 is 0 Å². The van der Waals surface area contributed by atoms with E-state index in [9.17, 15) is 4.79 Å². The molecule has 1 heterocycles. The molecule has 3 rings (SSSR count). The van der Waals surface area contributed by atoms with Gasteiger partial charge < -0.3 is 15.0 Å². The minimum atomic E-state index is -0.176. The van der Waals surface area contributed by atoms with Crippen molar-refractivity contribution in [2.24, 2.45) is 0 Å². The van der Waals surface area contributed by atoms with Crippen LogP contribution in [0.3, 0.4) is 0 Å². The molecule has 1 aliphatic heterocycles. The molecule has 0 bridgehead atoms. The smallest absolute Gasteiger partial charge is 0.257 e. The molecule has 4 nitrogen and oxygen atoms in total. The van der Waals surface area contributed by atoms with E-state index in [2.05, 4.69) is 12.2 Å². The van der Waals surface area contributed by atoms with Gasteiger partial charge in [0.2, 0.25) is 0 Å². The van der Waals surface area contributed by atoms with E-state index in [0.717, 1.165) is 42.0 Å². The summed E-state index contributed by atoms with van der Waals surface area (Å²) < 4.78 is 5.83. The van der Waals surface area contributed by atoms with Crippen LogP contribution in [0, 0.1) is 0 Å². The van der Waals surface area contributed by atoms with Crippen LogP contribution < -0.4 is 10.1 Å². The molecule has 1 amide bonds. The third-order valence-electron chi connectivity index (χ3n) is 4.32. The van der Waals surface area contributed by atoms with E-state index in [-0.39, 0.29) is 18.2 Å². The van der Waals surface area contributed by atoms with Crippen molar-refractivity contribution < 1.29 is 9.53 Å². The summed E-state index contributed by atoms with van der Waals surface area (Å²) in [7, 11) is 0. The van der Waals surface area contributed by atoms with Crippen LogP contribution in [-0.4, -0.2) is 23.5 Å². The third-order valence-corrected chi connectivity index (χ3v) is 4.32. The average Bonchev–Trinajstić information content (AvgIpc) is 2.60. The minimum Gasteiger partial charge on any atom is -0.491 e. The summed E-state index contributed by atoms with van der Waals surface area (Å²) in [5.41, 5.74) is 2.67. The molecule has 1 N–H and O–H groups in total. The topological polar surface area (TPSA) is 41.6 Å². The summed E-state index contributed by atoms with van der Waals surface area (Å²) in [6.45, 7) is 6.90. The summed E-state index contributed by atoms with van der Waals surface area (Å²) in [6.07, 6.45) is 1.97. The van der Waals surface area contributed by atoms with Gasteiger partial charge in [-0.2, -0.15) is 0 Å². The van der Waals surface area contributed by atoms with Crippen LogP contribution in [0.5, 0.6) is 5.75 Å². The highest BCUT2D eigenvalue weighted by molar-refractivity contribution is 6.01. The predicted molar refractivity (Wildman–Crippen MR) is 101 cm³/mol. The maximum atomic E-state index is 13.0. The maximum Gasteiger partial charge on any atom is 0.257 e. The number of hydrogen-bond acceptors (Lipinski definition) is 3. The van der Waals surface area contributed by atoms with Crippen molar-refractivity contribution in [2.75, 3.05) is 11.9 Å². The Balaban J connectivity index is 1.96. The largest absolute Gasteiger partial charge is 0.491 e. The molecule has 1 unspecified atom stereocenters. The first-order valence-electron chi connectivity index (χ1n) is 9.03. The second-order valence-corrected chi connectivity index (χ2v) is 6.68. The number of carbonyl (C=O) groups is 1. The number of fused-ring (bicyclic) bond motifs is 1. The van der Waals surface area contributed by atoms with Gasteiger partial charge in [0.25, 0.3) is 5.91 Å². The van der Waals surface area contributed by atoms with E-state index in [4.69, 9.17) is 4.74 Å². The molecule has 25 heavy (non-hydrogen) atoms. The molecule has 0 saturated heterocycles. The zero-order chi connectivity index (χ0) is 17.8. The Hall–Kier alpha value is -2.49. The third kappa shape index (κ3) is 3.78. The van der Waals surface area contributed by atoms with Gasteiger partial charge in [0.1, 0.15) is 11.9 Å². The molecular weight excluding hydrogens is 312 g/mol. The van der Waals surface area contributed by atoms with E-state index < -0.39 is 0 Å². The number of nitrogens with zero attached hydrogens (tertiary/aromatic N) is 1. The number of amides is 1. The summed E-state index contributed by atoms with van der Waals surface area (Å²) >= 11 is 0. The van der Waals surface area contributed by atoms with Gasteiger partial charge in [0.15, 0.2) is 0 Å². The number of nitrogens with one attached hydrogen (secondary N) is 1. The number of hydrogen-bond donors (Lipinski definition) is 1. The molecule has 0 spiro atoms. The molecule has 0 fully saturated rings. The van der Waals surface area contributed by atoms with Gasteiger partial charge in [-0.15, -0.1) is 0 Å². The van der Waals surface area contributed by atoms with Crippen molar-refractivity contribution in [2.45, 2.75) is 45.9 Å². The quantitative estimate of drug-likeness (QED) is 0.819. The van der Waals surface area contributed by atoms with Crippen molar-refractivity contribution in [1.82, 2.24) is 4.90 Å². The highest BCUT2D eigenvalue weighted by Crippen LogP contribution is 2.34. The van der Waals surface area contributed by atoms with Crippen molar-refractivity contribution in [3.8, 4) is 5.75 Å². The Labute approximate surface area is 149 Å². The van der Waals surface area contributed by atoms with E-state index in [0.29, 0.717) is 0 Å². The summed E-state index contributed by atoms with van der Waals surface area (Å²) in [5, 5.41) is 3.53. The first-order valence-corrected chi connectivity index (χ1v) is 9.03. The van der Waals surface area contributed by atoms with Gasteiger partial charge in [-0.25, -0.2) is 0 Å². The lowest BCUT2D eigenvalue weighted by atomic mass is 10.0. The van der Waals surface area contributed by atoms with Crippen molar-refractivity contribution in [3.05, 3.63) is 59.7 Å². The molecule has 0 aliphatic carbocycles. The molecule has 2 aromatic rings. The van der Waals surface area contributed by atoms with E-state index in [1.54, 1.807) is 0 Å². The number of para-hydroxylation sites is 1. The van der Waals surface area contributed by atoms with Crippen LogP contribution in [0.25, 0.3) is 0 Å². The van der Waals surface area contributed by atoms with Gasteiger partial charge in [-0.3, -0.25) is 4.79 Å². The zero-order valence-corrected chi connectivity index (χ0v) is 15.2. The van der Waals surface area contributed by atoms with Crippen LogP contribution in [0.4, 0.5) is 5.69 Å². The number of carbonyl (C=O) groups excluding carboxylic acids is 1.